The van der Waals surface area contributed by atoms with Crippen molar-refractivity contribution in [2.45, 2.75) is 41.5 Å². The molecule has 7 aromatic rings. The second kappa shape index (κ2) is 12.9. The third-order valence-corrected chi connectivity index (χ3v) is 9.60. The number of hydrogen-bond acceptors (Lipinski definition) is 1. The molecule has 1 nitrogen and oxygen atoms in total. The third kappa shape index (κ3) is 5.78. The maximum atomic E-state index is 5.26. The van der Waals surface area contributed by atoms with Gasteiger partial charge in [0, 0.05) is 17.3 Å². The minimum absolute atomic E-state index is 0.984. The van der Waals surface area contributed by atoms with E-state index in [1.807, 2.05) is 6.20 Å². The summed E-state index contributed by atoms with van der Waals surface area (Å²) in [7, 11) is 0. The lowest BCUT2D eigenvalue weighted by molar-refractivity contribution is 1.32. The van der Waals surface area contributed by atoms with Gasteiger partial charge in [-0.1, -0.05) is 144 Å². The summed E-state index contributed by atoms with van der Waals surface area (Å²) in [6.07, 6.45) is 1.99. The van der Waals surface area contributed by atoms with Crippen LogP contribution in [0.4, 0.5) is 0 Å². The van der Waals surface area contributed by atoms with E-state index in [-0.39, 0.29) is 0 Å². The Bertz CT molecular complexity index is 2190. The Labute approximate surface area is 285 Å². The maximum Gasteiger partial charge on any atom is 0.0792 e. The Morgan fingerprint density at radius 2 is 0.667 bits per heavy atom. The standard InChI is InChI=1S/C47H41N/c1-30-19-22-33(4)43(27-30)37-14-8-7-13-36(37)41-25-26-48-47(42-18-12-10-16-39(42)45-29-32(3)21-24-35(45)6)46(41)40-17-11-9-15-38(40)44-28-31(2)20-23-34(44)5/h7-29H,1-6H3. The molecule has 48 heavy (non-hydrogen) atoms. The van der Waals surface area contributed by atoms with Gasteiger partial charge in [0.1, 0.15) is 0 Å². The number of aromatic nitrogens is 1. The fraction of sp³-hybridized carbons (Fsp3) is 0.128. The lowest BCUT2D eigenvalue weighted by Gasteiger charge is -2.22. The minimum atomic E-state index is 0.984. The van der Waals surface area contributed by atoms with Gasteiger partial charge in [0.15, 0.2) is 0 Å². The molecule has 0 radical (unpaired) electrons. The van der Waals surface area contributed by atoms with Crippen LogP contribution < -0.4 is 0 Å². The highest BCUT2D eigenvalue weighted by Crippen LogP contribution is 2.47. The predicted molar refractivity (Wildman–Crippen MR) is 205 cm³/mol. The SMILES string of the molecule is Cc1ccc(C)c(-c2ccccc2-c2ccnc(-c3ccccc3-c3cc(C)ccc3C)c2-c2ccccc2-c2cc(C)ccc2C)c1. The van der Waals surface area contributed by atoms with E-state index in [2.05, 4.69) is 175 Å². The van der Waals surface area contributed by atoms with Gasteiger partial charge in [-0.2, -0.15) is 0 Å². The molecule has 0 aliphatic heterocycles. The molecular weight excluding hydrogens is 579 g/mol. The molecule has 234 valence electrons. The molecule has 0 unspecified atom stereocenters. The Morgan fingerprint density at radius 1 is 0.312 bits per heavy atom. The van der Waals surface area contributed by atoms with Crippen LogP contribution in [0.5, 0.6) is 0 Å². The Hall–Kier alpha value is -5.53. The van der Waals surface area contributed by atoms with Crippen LogP contribution >= 0.6 is 0 Å². The highest BCUT2D eigenvalue weighted by Gasteiger charge is 2.23. The zero-order chi connectivity index (χ0) is 33.4. The van der Waals surface area contributed by atoms with Crippen molar-refractivity contribution in [2.24, 2.45) is 0 Å². The van der Waals surface area contributed by atoms with E-state index >= 15 is 0 Å². The number of aryl methyl sites for hydroxylation is 6. The van der Waals surface area contributed by atoms with Crippen LogP contribution in [-0.4, -0.2) is 4.98 Å². The molecule has 0 saturated heterocycles. The predicted octanol–water partition coefficient (Wildman–Crippen LogP) is 12.9. The van der Waals surface area contributed by atoms with E-state index in [0.717, 1.165) is 16.8 Å². The highest BCUT2D eigenvalue weighted by molar-refractivity contribution is 6.03. The van der Waals surface area contributed by atoms with Gasteiger partial charge in [0.05, 0.1) is 5.69 Å². The monoisotopic (exact) mass is 619 g/mol. The molecule has 0 atom stereocenters. The van der Waals surface area contributed by atoms with Crippen molar-refractivity contribution < 1.29 is 0 Å². The van der Waals surface area contributed by atoms with Crippen LogP contribution in [0.2, 0.25) is 0 Å². The van der Waals surface area contributed by atoms with E-state index in [4.69, 9.17) is 4.98 Å². The van der Waals surface area contributed by atoms with Gasteiger partial charge in [0.25, 0.3) is 0 Å². The molecule has 0 amide bonds. The lowest BCUT2D eigenvalue weighted by atomic mass is 9.82. The van der Waals surface area contributed by atoms with Crippen molar-refractivity contribution in [3.8, 4) is 66.9 Å². The molecular formula is C47H41N. The largest absolute Gasteiger partial charge is 0.256 e. The zero-order valence-corrected chi connectivity index (χ0v) is 28.7. The quantitative estimate of drug-likeness (QED) is 0.180. The van der Waals surface area contributed by atoms with Crippen LogP contribution in [0.15, 0.2) is 140 Å². The second-order valence-electron chi connectivity index (χ2n) is 13.2. The van der Waals surface area contributed by atoms with E-state index < -0.39 is 0 Å². The summed E-state index contributed by atoms with van der Waals surface area (Å²) in [6.45, 7) is 13.1. The normalized spacial score (nSPS) is 11.1. The number of benzene rings is 6. The topological polar surface area (TPSA) is 12.9 Å². The van der Waals surface area contributed by atoms with E-state index in [1.165, 1.54) is 83.5 Å². The van der Waals surface area contributed by atoms with Gasteiger partial charge in [-0.15, -0.1) is 0 Å². The minimum Gasteiger partial charge on any atom is -0.256 e. The number of pyridine rings is 1. The van der Waals surface area contributed by atoms with Crippen molar-refractivity contribution in [3.05, 3.63) is 173 Å². The molecule has 0 saturated carbocycles. The Morgan fingerprint density at radius 3 is 1.12 bits per heavy atom. The Balaban J connectivity index is 1.60. The first-order valence-electron chi connectivity index (χ1n) is 16.8. The van der Waals surface area contributed by atoms with Crippen molar-refractivity contribution in [3.63, 3.8) is 0 Å². The second-order valence-corrected chi connectivity index (χ2v) is 13.2. The smallest absolute Gasteiger partial charge is 0.0792 e. The first kappa shape index (κ1) is 31.1. The summed E-state index contributed by atoms with van der Waals surface area (Å²) >= 11 is 0. The van der Waals surface area contributed by atoms with Gasteiger partial charge in [-0.3, -0.25) is 4.98 Å². The summed E-state index contributed by atoms with van der Waals surface area (Å²) in [5, 5.41) is 0. The maximum absolute atomic E-state index is 5.26. The van der Waals surface area contributed by atoms with Gasteiger partial charge in [0.2, 0.25) is 0 Å². The molecule has 0 bridgehead atoms. The number of rotatable bonds is 6. The summed E-state index contributed by atoms with van der Waals surface area (Å²) in [4.78, 5) is 5.26. The molecule has 0 aliphatic carbocycles. The van der Waals surface area contributed by atoms with Gasteiger partial charge >= 0.3 is 0 Å². The number of nitrogens with zero attached hydrogens (tertiary/aromatic N) is 1. The molecule has 1 aromatic heterocycles. The van der Waals surface area contributed by atoms with E-state index in [1.54, 1.807) is 0 Å². The van der Waals surface area contributed by atoms with Crippen molar-refractivity contribution in [1.29, 1.82) is 0 Å². The summed E-state index contributed by atoms with van der Waals surface area (Å²) in [5.74, 6) is 0. The fourth-order valence-corrected chi connectivity index (χ4v) is 7.05. The molecule has 0 spiro atoms. The zero-order valence-electron chi connectivity index (χ0n) is 28.7. The first-order chi connectivity index (χ1) is 23.3. The molecule has 1 heteroatoms. The van der Waals surface area contributed by atoms with Crippen LogP contribution in [0.1, 0.15) is 33.4 Å². The average molecular weight is 620 g/mol. The highest BCUT2D eigenvalue weighted by atomic mass is 14.7. The summed E-state index contributed by atoms with van der Waals surface area (Å²) in [6, 6.07) is 48.9. The van der Waals surface area contributed by atoms with E-state index in [9.17, 15) is 0 Å². The van der Waals surface area contributed by atoms with Crippen molar-refractivity contribution >= 4 is 0 Å². The molecule has 0 N–H and O–H groups in total. The summed E-state index contributed by atoms with van der Waals surface area (Å²) in [5.41, 5.74) is 21.7. The fourth-order valence-electron chi connectivity index (χ4n) is 7.05. The molecule has 7 rings (SSSR count). The van der Waals surface area contributed by atoms with Crippen LogP contribution in [0.3, 0.4) is 0 Å². The molecule has 0 fully saturated rings. The molecule has 6 aromatic carbocycles. The third-order valence-electron chi connectivity index (χ3n) is 9.60. The molecule has 1 heterocycles. The van der Waals surface area contributed by atoms with Crippen LogP contribution in [0, 0.1) is 41.5 Å². The number of hydrogen-bond donors (Lipinski definition) is 0. The van der Waals surface area contributed by atoms with Crippen LogP contribution in [-0.2, 0) is 0 Å². The van der Waals surface area contributed by atoms with Gasteiger partial charge in [-0.05, 0) is 114 Å². The van der Waals surface area contributed by atoms with Crippen LogP contribution in [0.25, 0.3) is 66.9 Å². The van der Waals surface area contributed by atoms with Gasteiger partial charge in [-0.25, -0.2) is 0 Å². The molecule has 0 aliphatic rings. The van der Waals surface area contributed by atoms with Crippen molar-refractivity contribution in [1.82, 2.24) is 4.98 Å². The van der Waals surface area contributed by atoms with E-state index in [0.29, 0.717) is 0 Å². The Kier molecular flexibility index (Phi) is 8.38. The summed E-state index contributed by atoms with van der Waals surface area (Å²) < 4.78 is 0. The lowest BCUT2D eigenvalue weighted by Crippen LogP contribution is -1.99. The van der Waals surface area contributed by atoms with Gasteiger partial charge < -0.3 is 0 Å². The average Bonchev–Trinajstić information content (AvgIpc) is 3.11. The van der Waals surface area contributed by atoms with Crippen molar-refractivity contribution in [2.75, 3.05) is 0 Å². The first-order valence-corrected chi connectivity index (χ1v) is 16.8.